The fourth-order valence-corrected chi connectivity index (χ4v) is 2.59. The summed E-state index contributed by atoms with van der Waals surface area (Å²) in [6.45, 7) is 10.5. The summed E-state index contributed by atoms with van der Waals surface area (Å²) in [5, 5.41) is 3.04. The molecule has 0 aliphatic heterocycles. The largest absolute Gasteiger partial charge is 0.493 e. The van der Waals surface area contributed by atoms with Gasteiger partial charge < -0.3 is 20.5 Å². The third kappa shape index (κ3) is 6.57. The molecule has 0 radical (unpaired) electrons. The number of nitrogens with one attached hydrogen (secondary N) is 1. The monoisotopic (exact) mass is 358 g/mol. The molecule has 6 heteroatoms. The van der Waals surface area contributed by atoms with Crippen molar-refractivity contribution in [3.05, 3.63) is 23.8 Å². The maximum atomic E-state index is 12.5. The van der Waals surface area contributed by atoms with Crippen molar-refractivity contribution in [3.63, 3.8) is 0 Å². The van der Waals surface area contributed by atoms with E-state index in [1.54, 1.807) is 25.3 Å². The Labute approximate surface area is 151 Å². The molecule has 1 aromatic carbocycles. The molecule has 0 saturated carbocycles. The highest BCUT2D eigenvalue weighted by atomic mass is 35.5. The van der Waals surface area contributed by atoms with Gasteiger partial charge in [-0.1, -0.05) is 13.8 Å². The van der Waals surface area contributed by atoms with Crippen molar-refractivity contribution < 1.29 is 14.3 Å². The molecule has 1 aromatic rings. The van der Waals surface area contributed by atoms with E-state index >= 15 is 0 Å². The van der Waals surface area contributed by atoms with Gasteiger partial charge in [0.05, 0.1) is 13.2 Å². The molecule has 3 N–H and O–H groups in total. The number of hydrogen-bond acceptors (Lipinski definition) is 4. The number of carbonyl (C=O) groups is 1. The highest BCUT2D eigenvalue weighted by Crippen LogP contribution is 2.29. The van der Waals surface area contributed by atoms with E-state index in [9.17, 15) is 4.79 Å². The molecule has 1 atom stereocenters. The minimum Gasteiger partial charge on any atom is -0.493 e. The van der Waals surface area contributed by atoms with E-state index in [-0.39, 0.29) is 24.4 Å². The Morgan fingerprint density at radius 2 is 1.88 bits per heavy atom. The lowest BCUT2D eigenvalue weighted by Gasteiger charge is -2.31. The van der Waals surface area contributed by atoms with Crippen LogP contribution in [0.3, 0.4) is 0 Å². The van der Waals surface area contributed by atoms with E-state index in [4.69, 9.17) is 15.2 Å². The van der Waals surface area contributed by atoms with Crippen LogP contribution < -0.4 is 20.5 Å². The van der Waals surface area contributed by atoms with Crippen LogP contribution >= 0.6 is 12.4 Å². The molecule has 0 heterocycles. The molecule has 138 valence electrons. The molecule has 0 aromatic heterocycles. The van der Waals surface area contributed by atoms with Gasteiger partial charge >= 0.3 is 0 Å². The molecule has 24 heavy (non-hydrogen) atoms. The van der Waals surface area contributed by atoms with Crippen LogP contribution in [0.2, 0.25) is 0 Å². The van der Waals surface area contributed by atoms with Gasteiger partial charge in [-0.15, -0.1) is 12.4 Å². The first kappa shape index (κ1) is 22.5. The lowest BCUT2D eigenvalue weighted by molar-refractivity contribution is 0.0898. The highest BCUT2D eigenvalue weighted by molar-refractivity contribution is 5.95. The van der Waals surface area contributed by atoms with Crippen LogP contribution in [0.1, 0.15) is 51.4 Å². The second-order valence-electron chi connectivity index (χ2n) is 6.85. The van der Waals surface area contributed by atoms with Gasteiger partial charge in [0.15, 0.2) is 11.5 Å². The molecule has 0 fully saturated rings. The van der Waals surface area contributed by atoms with Crippen molar-refractivity contribution in [2.75, 3.05) is 13.7 Å². The summed E-state index contributed by atoms with van der Waals surface area (Å²) in [5.41, 5.74) is 5.96. The molecule has 1 rings (SSSR count). The molecule has 0 aliphatic carbocycles. The Hall–Kier alpha value is -1.46. The minimum atomic E-state index is -0.425. The molecule has 0 spiro atoms. The average Bonchev–Trinajstić information content (AvgIpc) is 2.46. The zero-order valence-corrected chi connectivity index (χ0v) is 16.3. The molecular formula is C18H31ClN2O3. The second-order valence-corrected chi connectivity index (χ2v) is 6.85. The van der Waals surface area contributed by atoms with Crippen molar-refractivity contribution in [3.8, 4) is 11.5 Å². The third-order valence-electron chi connectivity index (χ3n) is 3.51. The molecule has 0 aliphatic rings. The molecular weight excluding hydrogens is 328 g/mol. The van der Waals surface area contributed by atoms with Gasteiger partial charge in [0.2, 0.25) is 0 Å². The summed E-state index contributed by atoms with van der Waals surface area (Å²) in [6, 6.07) is 5.19. The van der Waals surface area contributed by atoms with Crippen LogP contribution in [-0.2, 0) is 0 Å². The van der Waals surface area contributed by atoms with E-state index in [2.05, 4.69) is 19.2 Å². The van der Waals surface area contributed by atoms with Gasteiger partial charge in [-0.2, -0.15) is 0 Å². The second kappa shape index (κ2) is 9.74. The number of carbonyl (C=O) groups excluding carboxylic acids is 1. The number of ether oxygens (including phenoxy) is 2. The number of rotatable bonds is 8. The van der Waals surface area contributed by atoms with Gasteiger partial charge in [-0.25, -0.2) is 0 Å². The first-order chi connectivity index (χ1) is 10.7. The number of halogens is 1. The number of methoxy groups -OCH3 is 1. The van der Waals surface area contributed by atoms with E-state index < -0.39 is 5.54 Å². The summed E-state index contributed by atoms with van der Waals surface area (Å²) in [6.07, 6.45) is 0.858. The molecule has 5 nitrogen and oxygen atoms in total. The number of amides is 1. The third-order valence-corrected chi connectivity index (χ3v) is 3.51. The Balaban J connectivity index is 0.00000529. The predicted octanol–water partition coefficient (Wildman–Crippen LogP) is 3.40. The fourth-order valence-electron chi connectivity index (χ4n) is 2.59. The van der Waals surface area contributed by atoms with Crippen LogP contribution in [0, 0.1) is 5.92 Å². The maximum Gasteiger partial charge on any atom is 0.251 e. The summed E-state index contributed by atoms with van der Waals surface area (Å²) in [5.74, 6) is 1.46. The van der Waals surface area contributed by atoms with E-state index in [0.717, 1.165) is 6.42 Å². The molecule has 1 unspecified atom stereocenters. The zero-order valence-electron chi connectivity index (χ0n) is 15.5. The first-order valence-electron chi connectivity index (χ1n) is 8.08. The maximum absolute atomic E-state index is 12.5. The number of benzene rings is 1. The standard InChI is InChI=1S/C18H30N2O3.ClH/c1-12(2)10-18(5,11-19)20-17(21)14-7-8-15(23-13(3)4)16(9-14)22-6;/h7-9,12-13H,10-11,19H2,1-6H3,(H,20,21);1H. The van der Waals surface area contributed by atoms with Crippen LogP contribution in [0.4, 0.5) is 0 Å². The quantitative estimate of drug-likeness (QED) is 0.747. The number of hydrogen-bond donors (Lipinski definition) is 2. The van der Waals surface area contributed by atoms with Crippen molar-refractivity contribution in [2.45, 2.75) is 52.7 Å². The van der Waals surface area contributed by atoms with Crippen LogP contribution in [0.15, 0.2) is 18.2 Å². The van der Waals surface area contributed by atoms with Crippen molar-refractivity contribution in [1.29, 1.82) is 0 Å². The zero-order chi connectivity index (χ0) is 17.6. The Morgan fingerprint density at radius 1 is 1.25 bits per heavy atom. The van der Waals surface area contributed by atoms with E-state index in [1.807, 2.05) is 20.8 Å². The first-order valence-corrected chi connectivity index (χ1v) is 8.08. The van der Waals surface area contributed by atoms with Gasteiger partial charge in [0.25, 0.3) is 5.91 Å². The van der Waals surface area contributed by atoms with E-state index in [0.29, 0.717) is 29.5 Å². The SMILES string of the molecule is COc1cc(C(=O)NC(C)(CN)CC(C)C)ccc1OC(C)C.Cl. The summed E-state index contributed by atoms with van der Waals surface area (Å²) in [4.78, 5) is 12.5. The Bertz CT molecular complexity index is 535. The summed E-state index contributed by atoms with van der Waals surface area (Å²) < 4.78 is 11.0. The smallest absolute Gasteiger partial charge is 0.251 e. The lowest BCUT2D eigenvalue weighted by Crippen LogP contribution is -2.52. The topological polar surface area (TPSA) is 73.6 Å². The van der Waals surface area contributed by atoms with Crippen LogP contribution in [0.25, 0.3) is 0 Å². The fraction of sp³-hybridized carbons (Fsp3) is 0.611. The van der Waals surface area contributed by atoms with Crippen LogP contribution in [-0.4, -0.2) is 31.2 Å². The van der Waals surface area contributed by atoms with Crippen molar-refractivity contribution >= 4 is 18.3 Å². The van der Waals surface area contributed by atoms with Crippen molar-refractivity contribution in [2.24, 2.45) is 11.7 Å². The van der Waals surface area contributed by atoms with Gasteiger partial charge in [0.1, 0.15) is 0 Å². The predicted molar refractivity (Wildman–Crippen MR) is 100 cm³/mol. The van der Waals surface area contributed by atoms with Gasteiger partial charge in [-0.3, -0.25) is 4.79 Å². The molecule has 0 bridgehead atoms. The van der Waals surface area contributed by atoms with E-state index in [1.165, 1.54) is 0 Å². The molecule has 0 saturated heterocycles. The average molecular weight is 359 g/mol. The normalized spacial score (nSPS) is 13.2. The van der Waals surface area contributed by atoms with Gasteiger partial charge in [0, 0.05) is 17.6 Å². The number of nitrogens with two attached hydrogens (primary N) is 1. The Morgan fingerprint density at radius 3 is 2.33 bits per heavy atom. The highest BCUT2D eigenvalue weighted by Gasteiger charge is 2.26. The summed E-state index contributed by atoms with van der Waals surface area (Å²) in [7, 11) is 1.56. The lowest BCUT2D eigenvalue weighted by atomic mass is 9.90. The summed E-state index contributed by atoms with van der Waals surface area (Å²) >= 11 is 0. The minimum absolute atomic E-state index is 0. The van der Waals surface area contributed by atoms with Gasteiger partial charge in [-0.05, 0) is 51.3 Å². The molecule has 1 amide bonds. The van der Waals surface area contributed by atoms with Crippen molar-refractivity contribution in [1.82, 2.24) is 5.32 Å². The Kier molecular flexibility index (Phi) is 9.15. The van der Waals surface area contributed by atoms with Crippen LogP contribution in [0.5, 0.6) is 11.5 Å².